The van der Waals surface area contributed by atoms with E-state index >= 15 is 0 Å². The molecule has 0 aromatic heterocycles. The summed E-state index contributed by atoms with van der Waals surface area (Å²) in [5.41, 5.74) is 0.951. The Hall–Kier alpha value is -1.73. The van der Waals surface area contributed by atoms with Crippen LogP contribution in [0.2, 0.25) is 0 Å². The number of likely N-dealkylation sites (tertiary alicyclic amines) is 1. The van der Waals surface area contributed by atoms with Crippen LogP contribution in [0.1, 0.15) is 18.4 Å². The second-order valence-electron chi connectivity index (χ2n) is 4.96. The van der Waals surface area contributed by atoms with E-state index in [0.29, 0.717) is 12.2 Å². The van der Waals surface area contributed by atoms with Gasteiger partial charge in [0.25, 0.3) is 0 Å². The fourth-order valence-electron chi connectivity index (χ4n) is 2.41. The molecule has 1 aliphatic rings. The number of likely N-dealkylation sites (N-methyl/N-ethyl adjacent to an activating group) is 1. The van der Waals surface area contributed by atoms with Gasteiger partial charge < -0.3 is 14.4 Å². The second-order valence-corrected chi connectivity index (χ2v) is 4.96. The summed E-state index contributed by atoms with van der Waals surface area (Å²) in [4.78, 5) is 2.28. The van der Waals surface area contributed by atoms with Gasteiger partial charge in [0.05, 0.1) is 19.6 Å². The Bertz CT molecular complexity index is 468. The van der Waals surface area contributed by atoms with Gasteiger partial charge in [-0.3, -0.25) is 0 Å². The van der Waals surface area contributed by atoms with Crippen molar-refractivity contribution in [2.75, 3.05) is 27.2 Å². The average molecular weight is 260 g/mol. The molecule has 1 aliphatic heterocycles. The fraction of sp³-hybridized carbons (Fsp3) is 0.533. The zero-order chi connectivity index (χ0) is 13.7. The molecule has 2 rings (SSSR count). The van der Waals surface area contributed by atoms with E-state index in [1.54, 1.807) is 7.11 Å². The van der Waals surface area contributed by atoms with Crippen LogP contribution < -0.4 is 9.47 Å². The number of nitrogens with zero attached hydrogens (tertiary/aromatic N) is 2. The van der Waals surface area contributed by atoms with E-state index in [0.717, 1.165) is 37.2 Å². The molecular formula is C15H20N2O2. The molecule has 4 nitrogen and oxygen atoms in total. The van der Waals surface area contributed by atoms with Crippen LogP contribution in [0.15, 0.2) is 18.2 Å². The predicted octanol–water partition coefficient (Wildman–Crippen LogP) is 2.23. The number of methoxy groups -OCH3 is 1. The zero-order valence-corrected chi connectivity index (χ0v) is 11.6. The Labute approximate surface area is 114 Å². The van der Waals surface area contributed by atoms with E-state index in [1.807, 2.05) is 18.2 Å². The highest BCUT2D eigenvalue weighted by Crippen LogP contribution is 2.30. The zero-order valence-electron chi connectivity index (χ0n) is 11.6. The van der Waals surface area contributed by atoms with Crippen LogP contribution in [0.5, 0.6) is 11.5 Å². The molecule has 1 heterocycles. The Balaban J connectivity index is 2.09. The first-order chi connectivity index (χ1) is 9.22. The van der Waals surface area contributed by atoms with Gasteiger partial charge in [0.15, 0.2) is 11.5 Å². The minimum Gasteiger partial charge on any atom is -0.493 e. The van der Waals surface area contributed by atoms with E-state index in [-0.39, 0.29) is 6.10 Å². The Morgan fingerprint density at radius 1 is 1.42 bits per heavy atom. The first kappa shape index (κ1) is 13.7. The van der Waals surface area contributed by atoms with E-state index < -0.39 is 0 Å². The maximum absolute atomic E-state index is 8.72. The van der Waals surface area contributed by atoms with Crippen LogP contribution >= 0.6 is 0 Å². The Morgan fingerprint density at radius 2 is 2.26 bits per heavy atom. The molecule has 1 fully saturated rings. The lowest BCUT2D eigenvalue weighted by Crippen LogP contribution is -2.38. The molecule has 0 amide bonds. The van der Waals surface area contributed by atoms with Crippen LogP contribution in [0.4, 0.5) is 0 Å². The quantitative estimate of drug-likeness (QED) is 0.833. The summed E-state index contributed by atoms with van der Waals surface area (Å²) in [6, 6.07) is 7.85. The van der Waals surface area contributed by atoms with Crippen molar-refractivity contribution in [3.63, 3.8) is 0 Å². The topological polar surface area (TPSA) is 45.5 Å². The average Bonchev–Trinajstić information content (AvgIpc) is 2.41. The highest BCUT2D eigenvalue weighted by Gasteiger charge is 2.20. The highest BCUT2D eigenvalue weighted by molar-refractivity contribution is 5.43. The minimum atomic E-state index is 0.217. The molecule has 0 radical (unpaired) electrons. The number of benzene rings is 1. The minimum absolute atomic E-state index is 0.217. The SMILES string of the molecule is COc1cc(CC#N)ccc1OC1CCCN(C)C1. The maximum Gasteiger partial charge on any atom is 0.161 e. The van der Waals surface area contributed by atoms with Crippen LogP contribution in [-0.4, -0.2) is 38.3 Å². The van der Waals surface area contributed by atoms with Crippen molar-refractivity contribution in [3.05, 3.63) is 23.8 Å². The first-order valence-corrected chi connectivity index (χ1v) is 6.62. The van der Waals surface area contributed by atoms with Gasteiger partial charge in [-0.25, -0.2) is 0 Å². The van der Waals surface area contributed by atoms with E-state index in [9.17, 15) is 0 Å². The molecule has 1 unspecified atom stereocenters. The molecule has 102 valence electrons. The van der Waals surface area contributed by atoms with E-state index in [4.69, 9.17) is 14.7 Å². The maximum atomic E-state index is 8.72. The number of piperidine rings is 1. The molecule has 1 saturated heterocycles. The third-order valence-electron chi connectivity index (χ3n) is 3.39. The second kappa shape index (κ2) is 6.44. The van der Waals surface area contributed by atoms with Gasteiger partial charge in [0.2, 0.25) is 0 Å². The van der Waals surface area contributed by atoms with Crippen molar-refractivity contribution in [3.8, 4) is 17.6 Å². The van der Waals surface area contributed by atoms with E-state index in [2.05, 4.69) is 18.0 Å². The highest BCUT2D eigenvalue weighted by atomic mass is 16.5. The molecule has 0 N–H and O–H groups in total. The van der Waals surface area contributed by atoms with Gasteiger partial charge in [0.1, 0.15) is 6.10 Å². The molecule has 0 bridgehead atoms. The Morgan fingerprint density at radius 3 is 2.95 bits per heavy atom. The molecule has 1 aromatic carbocycles. The third-order valence-corrected chi connectivity index (χ3v) is 3.39. The summed E-state index contributed by atoms with van der Waals surface area (Å²) < 4.78 is 11.4. The van der Waals surface area contributed by atoms with Crippen molar-refractivity contribution >= 4 is 0 Å². The van der Waals surface area contributed by atoms with Gasteiger partial charge in [-0.15, -0.1) is 0 Å². The smallest absolute Gasteiger partial charge is 0.161 e. The molecule has 1 aromatic rings. The van der Waals surface area contributed by atoms with Crippen molar-refractivity contribution < 1.29 is 9.47 Å². The molecule has 0 aliphatic carbocycles. The van der Waals surface area contributed by atoms with Gasteiger partial charge in [-0.05, 0) is 44.1 Å². The lowest BCUT2D eigenvalue weighted by Gasteiger charge is -2.30. The predicted molar refractivity (Wildman–Crippen MR) is 73.5 cm³/mol. The van der Waals surface area contributed by atoms with Gasteiger partial charge in [0, 0.05) is 6.54 Å². The van der Waals surface area contributed by atoms with Crippen molar-refractivity contribution in [2.24, 2.45) is 0 Å². The van der Waals surface area contributed by atoms with Gasteiger partial charge >= 0.3 is 0 Å². The fourth-order valence-corrected chi connectivity index (χ4v) is 2.41. The lowest BCUT2D eigenvalue weighted by molar-refractivity contribution is 0.101. The largest absolute Gasteiger partial charge is 0.493 e. The number of hydrogen-bond donors (Lipinski definition) is 0. The monoisotopic (exact) mass is 260 g/mol. The number of hydrogen-bond acceptors (Lipinski definition) is 4. The van der Waals surface area contributed by atoms with Crippen molar-refractivity contribution in [1.82, 2.24) is 4.90 Å². The molecule has 4 heteroatoms. The molecule has 1 atom stereocenters. The normalized spacial score (nSPS) is 19.7. The molecule has 19 heavy (non-hydrogen) atoms. The lowest BCUT2D eigenvalue weighted by atomic mass is 10.1. The van der Waals surface area contributed by atoms with Gasteiger partial charge in [-0.2, -0.15) is 5.26 Å². The summed E-state index contributed by atoms with van der Waals surface area (Å²) in [7, 11) is 3.74. The number of ether oxygens (including phenoxy) is 2. The number of rotatable bonds is 4. The van der Waals surface area contributed by atoms with Crippen molar-refractivity contribution in [1.29, 1.82) is 5.26 Å². The Kier molecular flexibility index (Phi) is 4.64. The van der Waals surface area contributed by atoms with Crippen molar-refractivity contribution in [2.45, 2.75) is 25.4 Å². The first-order valence-electron chi connectivity index (χ1n) is 6.62. The van der Waals surface area contributed by atoms with Crippen LogP contribution in [0, 0.1) is 11.3 Å². The summed E-state index contributed by atoms with van der Waals surface area (Å²) in [6.45, 7) is 2.08. The van der Waals surface area contributed by atoms with Crippen LogP contribution in [-0.2, 0) is 6.42 Å². The van der Waals surface area contributed by atoms with Crippen LogP contribution in [0.25, 0.3) is 0 Å². The summed E-state index contributed by atoms with van der Waals surface area (Å²) in [5, 5.41) is 8.72. The van der Waals surface area contributed by atoms with Crippen LogP contribution in [0.3, 0.4) is 0 Å². The summed E-state index contributed by atoms with van der Waals surface area (Å²) in [6.07, 6.45) is 2.85. The molecule has 0 saturated carbocycles. The standard InChI is InChI=1S/C15H20N2O2/c1-17-9-3-4-13(11-17)19-14-6-5-12(7-8-16)10-15(14)18-2/h5-6,10,13H,3-4,7,9,11H2,1-2H3. The number of nitriles is 1. The third kappa shape index (κ3) is 3.62. The van der Waals surface area contributed by atoms with E-state index in [1.165, 1.54) is 0 Å². The molecular weight excluding hydrogens is 240 g/mol. The summed E-state index contributed by atoms with van der Waals surface area (Å²) >= 11 is 0. The van der Waals surface area contributed by atoms with Gasteiger partial charge in [-0.1, -0.05) is 6.07 Å². The summed E-state index contributed by atoms with van der Waals surface area (Å²) in [5.74, 6) is 1.48. The molecule has 0 spiro atoms.